The highest BCUT2D eigenvalue weighted by atomic mass is 16.5. The number of aliphatic imine (C=N–C) groups is 2. The Labute approximate surface area is 205 Å². The zero-order valence-electron chi connectivity index (χ0n) is 20.4. The number of guanidine groups is 1. The molecule has 0 radical (unpaired) electrons. The predicted octanol–water partition coefficient (Wildman–Crippen LogP) is 2.05. The van der Waals surface area contributed by atoms with Gasteiger partial charge < -0.3 is 29.9 Å². The first kappa shape index (κ1) is 23.1. The van der Waals surface area contributed by atoms with Crippen LogP contribution in [0.5, 0.6) is 11.5 Å². The number of ether oxygens (including phenoxy) is 2. The van der Waals surface area contributed by atoms with Crippen molar-refractivity contribution in [2.75, 3.05) is 50.6 Å². The summed E-state index contributed by atoms with van der Waals surface area (Å²) in [6.07, 6.45) is 3.95. The molecule has 184 valence electrons. The second-order valence-corrected chi connectivity index (χ2v) is 8.96. The summed E-state index contributed by atoms with van der Waals surface area (Å²) in [5, 5.41) is 6.41. The van der Waals surface area contributed by atoms with Gasteiger partial charge in [0.05, 0.1) is 37.8 Å². The van der Waals surface area contributed by atoms with Crippen LogP contribution in [0.15, 0.2) is 40.6 Å². The molecule has 5 rings (SSSR count). The van der Waals surface area contributed by atoms with Crippen LogP contribution in [-0.2, 0) is 17.9 Å². The lowest BCUT2D eigenvalue weighted by Gasteiger charge is -2.31. The summed E-state index contributed by atoms with van der Waals surface area (Å²) in [6, 6.07) is 5.90. The largest absolute Gasteiger partial charge is 0.493 e. The van der Waals surface area contributed by atoms with Gasteiger partial charge in [0, 0.05) is 51.9 Å². The van der Waals surface area contributed by atoms with Crippen molar-refractivity contribution < 1.29 is 14.3 Å². The standard InChI is InChI=1S/C25H31N7O3/c1-16-10-19(24(33)29-20-13-27-5-4-21(20)31-8-6-26-7-9-31)30-25(28-16)32-14-17-11-22(34-2)23(35-3)12-18(17)15-32/h4-5,11-13,16,26H,6-10,14-15H2,1-3H3,(H,29,33). The molecule has 0 bridgehead atoms. The van der Waals surface area contributed by atoms with E-state index < -0.39 is 0 Å². The van der Waals surface area contributed by atoms with Gasteiger partial charge in [0.2, 0.25) is 5.96 Å². The van der Waals surface area contributed by atoms with Gasteiger partial charge in [0.1, 0.15) is 5.71 Å². The smallest absolute Gasteiger partial charge is 0.270 e. The average Bonchev–Trinajstić information content (AvgIpc) is 3.31. The zero-order chi connectivity index (χ0) is 24.4. The topological polar surface area (TPSA) is 104 Å². The van der Waals surface area contributed by atoms with Crippen molar-refractivity contribution >= 4 is 29.0 Å². The number of piperazine rings is 1. The van der Waals surface area contributed by atoms with Crippen LogP contribution in [0.4, 0.5) is 11.4 Å². The van der Waals surface area contributed by atoms with Crippen molar-refractivity contribution in [3.63, 3.8) is 0 Å². The molecule has 1 saturated heterocycles. The Morgan fingerprint density at radius 1 is 1.09 bits per heavy atom. The second kappa shape index (κ2) is 9.91. The number of hydrogen-bond acceptors (Lipinski definition) is 9. The minimum Gasteiger partial charge on any atom is -0.493 e. The first-order valence-electron chi connectivity index (χ1n) is 11.9. The number of nitrogens with zero attached hydrogens (tertiary/aromatic N) is 5. The van der Waals surface area contributed by atoms with E-state index in [9.17, 15) is 4.79 Å². The Balaban J connectivity index is 1.34. The van der Waals surface area contributed by atoms with Gasteiger partial charge in [-0.15, -0.1) is 0 Å². The number of aromatic nitrogens is 1. The van der Waals surface area contributed by atoms with Crippen molar-refractivity contribution in [3.8, 4) is 11.5 Å². The minimum atomic E-state index is -0.214. The summed E-state index contributed by atoms with van der Waals surface area (Å²) in [5.41, 5.74) is 4.43. The first-order valence-corrected chi connectivity index (χ1v) is 11.9. The molecule has 1 aromatic carbocycles. The normalized spacial score (nSPS) is 19.6. The SMILES string of the molecule is COc1cc2c(cc1OC)CN(C1=NC(C)CC(C(=O)Nc3cnccc3N3CCNCC3)=N1)C2. The van der Waals surface area contributed by atoms with Crippen molar-refractivity contribution in [1.82, 2.24) is 15.2 Å². The average molecular weight is 478 g/mol. The fourth-order valence-corrected chi connectivity index (χ4v) is 4.74. The molecule has 1 fully saturated rings. The molecule has 4 heterocycles. The quantitative estimate of drug-likeness (QED) is 0.679. The lowest BCUT2D eigenvalue weighted by atomic mass is 10.1. The van der Waals surface area contributed by atoms with Gasteiger partial charge in [-0.25, -0.2) is 9.98 Å². The number of benzene rings is 1. The molecular formula is C25H31N7O3. The lowest BCUT2D eigenvalue weighted by Crippen LogP contribution is -2.44. The molecule has 3 aliphatic heterocycles. The van der Waals surface area contributed by atoms with Gasteiger partial charge in [-0.2, -0.15) is 0 Å². The predicted molar refractivity (Wildman–Crippen MR) is 136 cm³/mol. The Kier molecular flexibility index (Phi) is 6.54. The van der Waals surface area contributed by atoms with Gasteiger partial charge in [-0.05, 0) is 36.2 Å². The van der Waals surface area contributed by atoms with E-state index >= 15 is 0 Å². The molecule has 2 aromatic rings. The van der Waals surface area contributed by atoms with Gasteiger partial charge in [-0.3, -0.25) is 9.78 Å². The third-order valence-electron chi connectivity index (χ3n) is 6.54. The van der Waals surface area contributed by atoms with Crippen molar-refractivity contribution in [2.45, 2.75) is 32.5 Å². The van der Waals surface area contributed by atoms with Crippen LogP contribution < -0.4 is 25.0 Å². The van der Waals surface area contributed by atoms with E-state index in [-0.39, 0.29) is 11.9 Å². The summed E-state index contributed by atoms with van der Waals surface area (Å²) in [6.45, 7) is 6.89. The summed E-state index contributed by atoms with van der Waals surface area (Å²) >= 11 is 0. The van der Waals surface area contributed by atoms with E-state index in [4.69, 9.17) is 19.5 Å². The van der Waals surface area contributed by atoms with E-state index in [0.29, 0.717) is 48.4 Å². The number of carbonyl (C=O) groups is 1. The molecule has 10 nitrogen and oxygen atoms in total. The van der Waals surface area contributed by atoms with Crippen molar-refractivity contribution in [3.05, 3.63) is 41.7 Å². The van der Waals surface area contributed by atoms with Crippen LogP contribution in [0.3, 0.4) is 0 Å². The number of amides is 1. The number of nitrogens with one attached hydrogen (secondary N) is 2. The number of rotatable bonds is 5. The van der Waals surface area contributed by atoms with Gasteiger partial charge in [0.15, 0.2) is 11.5 Å². The monoisotopic (exact) mass is 477 g/mol. The van der Waals surface area contributed by atoms with Crippen LogP contribution in [0.1, 0.15) is 24.5 Å². The number of fused-ring (bicyclic) bond motifs is 1. The summed E-state index contributed by atoms with van der Waals surface area (Å²) < 4.78 is 10.9. The molecule has 0 saturated carbocycles. The summed E-state index contributed by atoms with van der Waals surface area (Å²) in [4.78, 5) is 31.3. The molecule has 0 spiro atoms. The molecule has 1 atom stereocenters. The fourth-order valence-electron chi connectivity index (χ4n) is 4.74. The van der Waals surface area contributed by atoms with Crippen LogP contribution in [0.25, 0.3) is 0 Å². The molecule has 35 heavy (non-hydrogen) atoms. The van der Waals surface area contributed by atoms with E-state index in [1.807, 2.05) is 25.1 Å². The van der Waals surface area contributed by atoms with Crippen LogP contribution in [0, 0.1) is 0 Å². The van der Waals surface area contributed by atoms with E-state index in [1.54, 1.807) is 26.6 Å². The maximum Gasteiger partial charge on any atom is 0.270 e. The fraction of sp³-hybridized carbons (Fsp3) is 0.440. The molecule has 1 aromatic heterocycles. The molecule has 1 unspecified atom stereocenters. The Morgan fingerprint density at radius 3 is 2.43 bits per heavy atom. The maximum atomic E-state index is 13.3. The van der Waals surface area contributed by atoms with Gasteiger partial charge >= 0.3 is 0 Å². The van der Waals surface area contributed by atoms with E-state index in [0.717, 1.165) is 43.0 Å². The molecule has 10 heteroatoms. The highest BCUT2D eigenvalue weighted by Gasteiger charge is 2.29. The number of methoxy groups -OCH3 is 2. The van der Waals surface area contributed by atoms with Crippen molar-refractivity contribution in [1.29, 1.82) is 0 Å². The Bertz CT molecular complexity index is 1140. The molecule has 1 amide bonds. The van der Waals surface area contributed by atoms with Gasteiger partial charge in [0.25, 0.3) is 5.91 Å². The highest BCUT2D eigenvalue weighted by molar-refractivity contribution is 6.45. The molecule has 3 aliphatic rings. The van der Waals surface area contributed by atoms with Crippen LogP contribution >= 0.6 is 0 Å². The van der Waals surface area contributed by atoms with E-state index in [1.165, 1.54) is 0 Å². The molecule has 2 N–H and O–H groups in total. The third kappa shape index (κ3) is 4.79. The van der Waals surface area contributed by atoms with Crippen LogP contribution in [0.2, 0.25) is 0 Å². The highest BCUT2D eigenvalue weighted by Crippen LogP contribution is 2.35. The number of hydrogen-bond donors (Lipinski definition) is 2. The number of anilines is 2. The number of carbonyl (C=O) groups excluding carboxylic acids is 1. The lowest BCUT2D eigenvalue weighted by molar-refractivity contribution is -0.110. The van der Waals surface area contributed by atoms with Crippen molar-refractivity contribution in [2.24, 2.45) is 9.98 Å². The minimum absolute atomic E-state index is 0.0439. The Morgan fingerprint density at radius 2 is 1.77 bits per heavy atom. The van der Waals surface area contributed by atoms with Gasteiger partial charge in [-0.1, -0.05) is 0 Å². The first-order chi connectivity index (χ1) is 17.1. The van der Waals surface area contributed by atoms with E-state index in [2.05, 4.69) is 25.4 Å². The Hall–Kier alpha value is -3.66. The zero-order valence-corrected chi connectivity index (χ0v) is 20.4. The second-order valence-electron chi connectivity index (χ2n) is 8.96. The van der Waals surface area contributed by atoms with Crippen LogP contribution in [-0.4, -0.2) is 73.9 Å². The summed E-state index contributed by atoms with van der Waals surface area (Å²) in [5.74, 6) is 1.77. The molecule has 0 aliphatic carbocycles. The molecular weight excluding hydrogens is 446 g/mol. The maximum absolute atomic E-state index is 13.3. The third-order valence-corrected chi connectivity index (χ3v) is 6.54. The number of pyridine rings is 1. The summed E-state index contributed by atoms with van der Waals surface area (Å²) in [7, 11) is 3.27.